The molecule has 102 valence electrons. The smallest absolute Gasteiger partial charge is 0.0726 e. The van der Waals surface area contributed by atoms with E-state index >= 15 is 0 Å². The van der Waals surface area contributed by atoms with Gasteiger partial charge in [0.1, 0.15) is 0 Å². The number of hydrogen-bond donors (Lipinski definition) is 1. The van der Waals surface area contributed by atoms with Crippen LogP contribution in [0.15, 0.2) is 24.3 Å². The zero-order valence-corrected chi connectivity index (χ0v) is 12.4. The van der Waals surface area contributed by atoms with E-state index in [1.54, 1.807) is 0 Å². The molecule has 0 aliphatic heterocycles. The van der Waals surface area contributed by atoms with Crippen molar-refractivity contribution < 1.29 is 0 Å². The summed E-state index contributed by atoms with van der Waals surface area (Å²) in [6.45, 7) is 5.52. The lowest BCUT2D eigenvalue weighted by Crippen LogP contribution is -2.10. The summed E-state index contributed by atoms with van der Waals surface area (Å²) in [5.74, 6) is 0.661. The molecule has 0 radical (unpaired) electrons. The van der Waals surface area contributed by atoms with E-state index in [0.29, 0.717) is 5.92 Å². The number of pyridine rings is 1. The quantitative estimate of drug-likeness (QED) is 0.908. The summed E-state index contributed by atoms with van der Waals surface area (Å²) < 4.78 is 0. The Morgan fingerprint density at radius 1 is 1.21 bits per heavy atom. The van der Waals surface area contributed by atoms with Gasteiger partial charge in [-0.05, 0) is 36.8 Å². The van der Waals surface area contributed by atoms with Crippen LogP contribution in [0.3, 0.4) is 0 Å². The van der Waals surface area contributed by atoms with Crippen LogP contribution < -0.4 is 5.32 Å². The summed E-state index contributed by atoms with van der Waals surface area (Å²) in [5, 5.41) is 4.92. The number of anilines is 1. The third-order valence-corrected chi connectivity index (χ3v) is 3.61. The number of hydrogen-bond acceptors (Lipinski definition) is 2. The molecular formula is C16H21ClN2. The van der Waals surface area contributed by atoms with Crippen molar-refractivity contribution in [3.05, 3.63) is 35.5 Å². The summed E-state index contributed by atoms with van der Waals surface area (Å²) in [6.07, 6.45) is 3.55. The highest BCUT2D eigenvalue weighted by Gasteiger charge is 2.19. The van der Waals surface area contributed by atoms with Gasteiger partial charge in [-0.2, -0.15) is 0 Å². The van der Waals surface area contributed by atoms with Gasteiger partial charge >= 0.3 is 0 Å². The van der Waals surface area contributed by atoms with Gasteiger partial charge in [-0.15, -0.1) is 12.4 Å². The molecule has 0 fully saturated rings. The molecule has 19 heavy (non-hydrogen) atoms. The highest BCUT2D eigenvalue weighted by Crippen LogP contribution is 2.33. The van der Waals surface area contributed by atoms with Crippen LogP contribution in [-0.2, 0) is 12.8 Å². The first-order valence-corrected chi connectivity index (χ1v) is 6.90. The minimum atomic E-state index is 0. The fourth-order valence-corrected chi connectivity index (χ4v) is 2.72. The largest absolute Gasteiger partial charge is 0.384 e. The molecule has 0 unspecified atom stereocenters. The van der Waals surface area contributed by atoms with Gasteiger partial charge in [-0.3, -0.25) is 4.98 Å². The molecular weight excluding hydrogens is 256 g/mol. The molecule has 2 nitrogen and oxygen atoms in total. The summed E-state index contributed by atoms with van der Waals surface area (Å²) in [6, 6.07) is 8.48. The van der Waals surface area contributed by atoms with Crippen LogP contribution in [0.25, 0.3) is 10.9 Å². The summed E-state index contributed by atoms with van der Waals surface area (Å²) in [5.41, 5.74) is 5.22. The van der Waals surface area contributed by atoms with E-state index in [9.17, 15) is 0 Å². The zero-order valence-electron chi connectivity index (χ0n) is 11.6. The van der Waals surface area contributed by atoms with Crippen molar-refractivity contribution in [1.29, 1.82) is 0 Å². The predicted molar refractivity (Wildman–Crippen MR) is 84.3 cm³/mol. The summed E-state index contributed by atoms with van der Waals surface area (Å²) >= 11 is 0. The van der Waals surface area contributed by atoms with Crippen LogP contribution >= 0.6 is 12.4 Å². The normalized spacial score (nSPS) is 13.4. The SMILES string of the molecule is CC(C)CNc1c2c(nc3ccccc13)CCC2.Cl. The maximum Gasteiger partial charge on any atom is 0.0726 e. The van der Waals surface area contributed by atoms with Gasteiger partial charge in [-0.1, -0.05) is 32.0 Å². The van der Waals surface area contributed by atoms with E-state index in [0.717, 1.165) is 18.5 Å². The van der Waals surface area contributed by atoms with Crippen molar-refractivity contribution >= 4 is 29.0 Å². The predicted octanol–water partition coefficient (Wildman–Crippen LogP) is 4.21. The Labute approximate surface area is 121 Å². The lowest BCUT2D eigenvalue weighted by atomic mass is 10.1. The van der Waals surface area contributed by atoms with Crippen molar-refractivity contribution in [2.75, 3.05) is 11.9 Å². The van der Waals surface area contributed by atoms with Gasteiger partial charge in [-0.25, -0.2) is 0 Å². The van der Waals surface area contributed by atoms with Crippen LogP contribution in [0.2, 0.25) is 0 Å². The molecule has 1 aromatic carbocycles. The Bertz CT molecular complexity index is 578. The van der Waals surface area contributed by atoms with E-state index in [1.807, 2.05) is 0 Å². The highest BCUT2D eigenvalue weighted by molar-refractivity contribution is 5.93. The third-order valence-electron chi connectivity index (χ3n) is 3.61. The number of rotatable bonds is 3. The van der Waals surface area contributed by atoms with Crippen LogP contribution in [0, 0.1) is 5.92 Å². The van der Waals surface area contributed by atoms with Crippen LogP contribution in [-0.4, -0.2) is 11.5 Å². The first kappa shape index (κ1) is 14.1. The van der Waals surface area contributed by atoms with Gasteiger partial charge in [0, 0.05) is 23.3 Å². The first-order valence-electron chi connectivity index (χ1n) is 6.90. The number of aromatic nitrogens is 1. The van der Waals surface area contributed by atoms with Crippen molar-refractivity contribution in [3.63, 3.8) is 0 Å². The van der Waals surface area contributed by atoms with Gasteiger partial charge in [0.15, 0.2) is 0 Å². The standard InChI is InChI=1S/C16H20N2.ClH/c1-11(2)10-17-16-12-6-3-4-8-14(12)18-15-9-5-7-13(15)16;/h3-4,6,8,11H,5,7,9-10H2,1-2H3,(H,17,18);1H. The number of para-hydroxylation sites is 1. The Morgan fingerprint density at radius 3 is 2.79 bits per heavy atom. The number of aryl methyl sites for hydroxylation is 1. The van der Waals surface area contributed by atoms with Crippen molar-refractivity contribution in [3.8, 4) is 0 Å². The first-order chi connectivity index (χ1) is 8.75. The minimum absolute atomic E-state index is 0. The molecule has 0 bridgehead atoms. The second kappa shape index (κ2) is 5.79. The second-order valence-corrected chi connectivity index (χ2v) is 5.56. The molecule has 1 aliphatic carbocycles. The van der Waals surface area contributed by atoms with E-state index in [4.69, 9.17) is 4.98 Å². The molecule has 0 saturated carbocycles. The number of benzene rings is 1. The molecule has 1 heterocycles. The second-order valence-electron chi connectivity index (χ2n) is 5.56. The van der Waals surface area contributed by atoms with Crippen LogP contribution in [0.1, 0.15) is 31.5 Å². The Morgan fingerprint density at radius 2 is 2.00 bits per heavy atom. The Balaban J connectivity index is 0.00000133. The molecule has 0 saturated heterocycles. The fraction of sp³-hybridized carbons (Fsp3) is 0.438. The average Bonchev–Trinajstić information content (AvgIpc) is 2.82. The topological polar surface area (TPSA) is 24.9 Å². The maximum absolute atomic E-state index is 4.80. The van der Waals surface area contributed by atoms with E-state index < -0.39 is 0 Å². The summed E-state index contributed by atoms with van der Waals surface area (Å²) in [4.78, 5) is 4.80. The lowest BCUT2D eigenvalue weighted by molar-refractivity contribution is 0.688. The number of nitrogens with one attached hydrogen (secondary N) is 1. The number of nitrogens with zero attached hydrogens (tertiary/aromatic N) is 1. The Hall–Kier alpha value is -1.28. The monoisotopic (exact) mass is 276 g/mol. The fourth-order valence-electron chi connectivity index (χ4n) is 2.72. The summed E-state index contributed by atoms with van der Waals surface area (Å²) in [7, 11) is 0. The number of fused-ring (bicyclic) bond motifs is 2. The molecule has 2 aromatic rings. The molecule has 3 rings (SSSR count). The number of halogens is 1. The molecule has 0 spiro atoms. The van der Waals surface area contributed by atoms with Crippen molar-refractivity contribution in [1.82, 2.24) is 4.98 Å². The van der Waals surface area contributed by atoms with Gasteiger partial charge in [0.2, 0.25) is 0 Å². The van der Waals surface area contributed by atoms with Gasteiger partial charge < -0.3 is 5.32 Å². The van der Waals surface area contributed by atoms with E-state index in [1.165, 1.54) is 35.2 Å². The average molecular weight is 277 g/mol. The Kier molecular flexibility index (Phi) is 4.31. The molecule has 1 N–H and O–H groups in total. The zero-order chi connectivity index (χ0) is 12.5. The van der Waals surface area contributed by atoms with E-state index in [2.05, 4.69) is 43.4 Å². The third kappa shape index (κ3) is 2.69. The maximum atomic E-state index is 4.80. The van der Waals surface area contributed by atoms with Gasteiger partial charge in [0.25, 0.3) is 0 Å². The van der Waals surface area contributed by atoms with Crippen molar-refractivity contribution in [2.45, 2.75) is 33.1 Å². The molecule has 3 heteroatoms. The van der Waals surface area contributed by atoms with Crippen LogP contribution in [0.5, 0.6) is 0 Å². The molecule has 1 aliphatic rings. The lowest BCUT2D eigenvalue weighted by Gasteiger charge is -2.16. The molecule has 1 aromatic heterocycles. The van der Waals surface area contributed by atoms with E-state index in [-0.39, 0.29) is 12.4 Å². The molecule has 0 amide bonds. The van der Waals surface area contributed by atoms with Gasteiger partial charge in [0.05, 0.1) is 5.52 Å². The minimum Gasteiger partial charge on any atom is -0.384 e. The molecule has 0 atom stereocenters. The highest BCUT2D eigenvalue weighted by atomic mass is 35.5. The van der Waals surface area contributed by atoms with Crippen molar-refractivity contribution in [2.24, 2.45) is 5.92 Å². The van der Waals surface area contributed by atoms with Crippen LogP contribution in [0.4, 0.5) is 5.69 Å².